The molecule has 0 aliphatic carbocycles. The predicted molar refractivity (Wildman–Crippen MR) is 57.6 cm³/mol. The first-order chi connectivity index (χ1) is 7.91. The number of aliphatic imine (C=N–C) groups is 1. The molecule has 0 radical (unpaired) electrons. The number of anilines is 1. The van der Waals surface area contributed by atoms with Gasteiger partial charge in [-0.3, -0.25) is 0 Å². The summed E-state index contributed by atoms with van der Waals surface area (Å²) in [5, 5.41) is 8.70. The third-order valence-electron chi connectivity index (χ3n) is 2.49. The van der Waals surface area contributed by atoms with Gasteiger partial charge in [-0.25, -0.2) is 4.99 Å². The molecule has 1 aromatic carbocycles. The van der Waals surface area contributed by atoms with Gasteiger partial charge in [-0.1, -0.05) is 0 Å². The van der Waals surface area contributed by atoms with E-state index < -0.39 is 11.9 Å². The van der Waals surface area contributed by atoms with E-state index in [4.69, 9.17) is 5.26 Å². The van der Waals surface area contributed by atoms with Crippen LogP contribution in [0.5, 0.6) is 0 Å². The van der Waals surface area contributed by atoms with E-state index in [-0.39, 0.29) is 12.2 Å². The van der Waals surface area contributed by atoms with Gasteiger partial charge in [-0.05, 0) is 18.2 Å². The molecule has 1 aliphatic rings. The highest BCUT2D eigenvalue weighted by Gasteiger charge is 2.38. The molecule has 0 saturated heterocycles. The van der Waals surface area contributed by atoms with Crippen LogP contribution < -0.4 is 4.90 Å². The van der Waals surface area contributed by atoms with Crippen molar-refractivity contribution in [1.82, 2.24) is 0 Å². The van der Waals surface area contributed by atoms with Crippen LogP contribution in [0, 0.1) is 11.3 Å². The van der Waals surface area contributed by atoms with Gasteiger partial charge in [-0.15, -0.1) is 0 Å². The summed E-state index contributed by atoms with van der Waals surface area (Å²) in [7, 11) is 1.56. The first kappa shape index (κ1) is 11.5. The first-order valence-corrected chi connectivity index (χ1v) is 4.82. The Balaban J connectivity index is 2.54. The molecule has 88 valence electrons. The van der Waals surface area contributed by atoms with Crippen molar-refractivity contribution in [3.63, 3.8) is 0 Å². The lowest BCUT2D eigenvalue weighted by molar-refractivity contribution is -0.0597. The van der Waals surface area contributed by atoms with Gasteiger partial charge in [0.15, 0.2) is 0 Å². The minimum absolute atomic E-state index is 0.185. The van der Waals surface area contributed by atoms with E-state index in [0.717, 1.165) is 0 Å². The molecular weight excluding hydrogens is 231 g/mol. The number of nitrogens with zero attached hydrogens (tertiary/aromatic N) is 3. The molecule has 0 amide bonds. The monoisotopic (exact) mass is 239 g/mol. The molecule has 3 nitrogen and oxygen atoms in total. The van der Waals surface area contributed by atoms with Crippen molar-refractivity contribution in [3.8, 4) is 6.07 Å². The summed E-state index contributed by atoms with van der Waals surface area (Å²) in [5.74, 6) is 0. The van der Waals surface area contributed by atoms with Crippen LogP contribution in [0.15, 0.2) is 23.2 Å². The van der Waals surface area contributed by atoms with Gasteiger partial charge in [-0.2, -0.15) is 18.4 Å². The van der Waals surface area contributed by atoms with Gasteiger partial charge in [0.25, 0.3) is 0 Å². The zero-order chi connectivity index (χ0) is 12.6. The first-order valence-electron chi connectivity index (χ1n) is 4.82. The number of hydrogen-bond acceptors (Lipinski definition) is 3. The fourth-order valence-corrected chi connectivity index (χ4v) is 1.65. The van der Waals surface area contributed by atoms with Gasteiger partial charge in [0, 0.05) is 7.05 Å². The van der Waals surface area contributed by atoms with E-state index in [1.807, 2.05) is 6.07 Å². The Hall–Kier alpha value is -2.03. The smallest absolute Gasteiger partial charge is 0.367 e. The highest BCUT2D eigenvalue weighted by Crippen LogP contribution is 2.35. The van der Waals surface area contributed by atoms with E-state index in [0.29, 0.717) is 11.3 Å². The molecule has 0 bridgehead atoms. The fraction of sp³-hybridized carbons (Fsp3) is 0.273. The lowest BCUT2D eigenvalue weighted by Crippen LogP contribution is -2.37. The fourth-order valence-electron chi connectivity index (χ4n) is 1.65. The highest BCUT2D eigenvalue weighted by molar-refractivity contribution is 5.99. The second-order valence-electron chi connectivity index (χ2n) is 3.73. The van der Waals surface area contributed by atoms with Crippen molar-refractivity contribution in [3.05, 3.63) is 23.8 Å². The predicted octanol–water partition coefficient (Wildman–Crippen LogP) is 2.64. The molecular formula is C11H8F3N3. The van der Waals surface area contributed by atoms with Crippen molar-refractivity contribution in [1.29, 1.82) is 5.26 Å². The lowest BCUT2D eigenvalue weighted by atomic mass is 10.1. The van der Waals surface area contributed by atoms with E-state index in [1.54, 1.807) is 19.2 Å². The number of alkyl halides is 3. The van der Waals surface area contributed by atoms with Crippen LogP contribution in [0.3, 0.4) is 0 Å². The number of fused-ring (bicyclic) bond motifs is 1. The molecule has 6 heteroatoms. The van der Waals surface area contributed by atoms with Crippen LogP contribution in [0.2, 0.25) is 0 Å². The number of halogens is 3. The minimum atomic E-state index is -4.44. The van der Waals surface area contributed by atoms with E-state index in [2.05, 4.69) is 4.99 Å². The Morgan fingerprint density at radius 2 is 2.12 bits per heavy atom. The van der Waals surface area contributed by atoms with Crippen molar-refractivity contribution >= 4 is 17.1 Å². The molecule has 0 atom stereocenters. The summed E-state index contributed by atoms with van der Waals surface area (Å²) in [6.07, 6.45) is -4.44. The number of rotatable bonds is 0. The summed E-state index contributed by atoms with van der Waals surface area (Å²) < 4.78 is 37.7. The van der Waals surface area contributed by atoms with E-state index >= 15 is 0 Å². The van der Waals surface area contributed by atoms with Crippen LogP contribution in [0.1, 0.15) is 5.56 Å². The molecule has 0 aromatic heterocycles. The summed E-state index contributed by atoms with van der Waals surface area (Å²) in [6, 6.07) is 6.40. The molecule has 0 N–H and O–H groups in total. The maximum atomic E-state index is 12.6. The largest absolute Gasteiger partial charge is 0.431 e. The minimum Gasteiger partial charge on any atom is -0.367 e. The molecule has 0 unspecified atom stereocenters. The Morgan fingerprint density at radius 3 is 2.71 bits per heavy atom. The summed E-state index contributed by atoms with van der Waals surface area (Å²) in [6.45, 7) is -0.275. The number of nitriles is 1. The highest BCUT2D eigenvalue weighted by atomic mass is 19.4. The Labute approximate surface area is 95.8 Å². The number of benzene rings is 1. The van der Waals surface area contributed by atoms with Crippen molar-refractivity contribution < 1.29 is 13.2 Å². The van der Waals surface area contributed by atoms with E-state index in [9.17, 15) is 13.2 Å². The third kappa shape index (κ3) is 2.09. The summed E-state index contributed by atoms with van der Waals surface area (Å²) in [5.41, 5.74) is 0.231. The maximum absolute atomic E-state index is 12.6. The molecule has 0 fully saturated rings. The maximum Gasteiger partial charge on any atom is 0.431 e. The zero-order valence-electron chi connectivity index (χ0n) is 8.91. The molecule has 0 spiro atoms. The number of hydrogen-bond donors (Lipinski definition) is 0. The molecule has 1 aliphatic heterocycles. The standard InChI is InChI=1S/C11H8F3N3/c1-17-6-10(11(12,13)14)16-8-4-7(5-15)2-3-9(8)17/h2-4H,6H2,1H3. The van der Waals surface area contributed by atoms with Gasteiger partial charge >= 0.3 is 6.18 Å². The Morgan fingerprint density at radius 1 is 1.41 bits per heavy atom. The van der Waals surface area contributed by atoms with Crippen LogP contribution >= 0.6 is 0 Å². The van der Waals surface area contributed by atoms with Gasteiger partial charge in [0.2, 0.25) is 0 Å². The Kier molecular flexibility index (Phi) is 2.54. The van der Waals surface area contributed by atoms with Gasteiger partial charge < -0.3 is 4.90 Å². The van der Waals surface area contributed by atoms with Crippen molar-refractivity contribution in [2.45, 2.75) is 6.18 Å². The van der Waals surface area contributed by atoms with Crippen molar-refractivity contribution in [2.24, 2.45) is 4.99 Å². The third-order valence-corrected chi connectivity index (χ3v) is 2.49. The molecule has 2 rings (SSSR count). The summed E-state index contributed by atoms with van der Waals surface area (Å²) >= 11 is 0. The van der Waals surface area contributed by atoms with E-state index in [1.165, 1.54) is 11.0 Å². The summed E-state index contributed by atoms with van der Waals surface area (Å²) in [4.78, 5) is 5.04. The SMILES string of the molecule is CN1CC(C(F)(F)F)=Nc2cc(C#N)ccc21. The van der Waals surface area contributed by atoms with Crippen LogP contribution in [-0.2, 0) is 0 Å². The molecule has 17 heavy (non-hydrogen) atoms. The van der Waals surface area contributed by atoms with Gasteiger partial charge in [0.05, 0.1) is 29.6 Å². The quantitative estimate of drug-likeness (QED) is 0.698. The second-order valence-corrected chi connectivity index (χ2v) is 3.73. The average molecular weight is 239 g/mol. The topological polar surface area (TPSA) is 39.4 Å². The second kappa shape index (κ2) is 3.77. The lowest BCUT2D eigenvalue weighted by Gasteiger charge is -2.27. The van der Waals surface area contributed by atoms with Crippen LogP contribution in [-0.4, -0.2) is 25.5 Å². The van der Waals surface area contributed by atoms with Gasteiger partial charge in [0.1, 0.15) is 5.71 Å². The van der Waals surface area contributed by atoms with Crippen LogP contribution in [0.25, 0.3) is 0 Å². The normalized spacial score (nSPS) is 15.0. The van der Waals surface area contributed by atoms with Crippen molar-refractivity contribution in [2.75, 3.05) is 18.5 Å². The van der Waals surface area contributed by atoms with Crippen LogP contribution in [0.4, 0.5) is 24.5 Å². The average Bonchev–Trinajstić information content (AvgIpc) is 2.27. The Bertz CT molecular complexity index is 526. The zero-order valence-corrected chi connectivity index (χ0v) is 8.91. The molecule has 0 saturated carbocycles. The molecule has 1 aromatic rings. The molecule has 1 heterocycles.